The van der Waals surface area contributed by atoms with Crippen LogP contribution in [-0.2, 0) is 4.74 Å². The second-order valence-electron chi connectivity index (χ2n) is 6.90. The van der Waals surface area contributed by atoms with Crippen molar-refractivity contribution in [1.29, 1.82) is 0 Å². The molecule has 0 aliphatic carbocycles. The molecule has 0 atom stereocenters. The molecule has 1 aromatic carbocycles. The smallest absolute Gasteiger partial charge is 0.410 e. The van der Waals surface area contributed by atoms with Crippen LogP contribution in [0.15, 0.2) is 18.2 Å². The van der Waals surface area contributed by atoms with Gasteiger partial charge in [-0.2, -0.15) is 0 Å². The van der Waals surface area contributed by atoms with E-state index in [0.29, 0.717) is 13.0 Å². The fraction of sp³-hybridized carbons (Fsp3) is 0.529. The molecule has 8 nitrogen and oxygen atoms in total. The van der Waals surface area contributed by atoms with Crippen LogP contribution in [0, 0.1) is 15.9 Å². The van der Waals surface area contributed by atoms with Crippen LogP contribution in [0.2, 0.25) is 0 Å². The molecule has 144 valence electrons. The highest BCUT2D eigenvalue weighted by Gasteiger charge is 2.21. The number of hydrogen-bond acceptors (Lipinski definition) is 5. The minimum absolute atomic E-state index is 0.237. The van der Waals surface area contributed by atoms with Gasteiger partial charge in [-0.1, -0.05) is 0 Å². The van der Waals surface area contributed by atoms with Crippen molar-refractivity contribution in [2.45, 2.75) is 32.8 Å². The SMILES string of the molecule is CN(CCCN(C)C(=O)c1ccc([N+](=O)[O-])cc1F)C(=O)OC(C)(C)C. The molecule has 0 aliphatic heterocycles. The molecule has 0 saturated heterocycles. The normalized spacial score (nSPS) is 11.0. The number of non-ortho nitro benzene ring substituents is 1. The van der Waals surface area contributed by atoms with E-state index in [1.807, 2.05) is 0 Å². The molecule has 1 aromatic rings. The van der Waals surface area contributed by atoms with Gasteiger partial charge in [0, 0.05) is 33.3 Å². The van der Waals surface area contributed by atoms with Gasteiger partial charge in [0.1, 0.15) is 11.4 Å². The van der Waals surface area contributed by atoms with E-state index in [4.69, 9.17) is 4.74 Å². The lowest BCUT2D eigenvalue weighted by molar-refractivity contribution is -0.385. The second-order valence-corrected chi connectivity index (χ2v) is 6.90. The number of nitro benzene ring substituents is 1. The van der Waals surface area contributed by atoms with Gasteiger partial charge in [0.15, 0.2) is 0 Å². The van der Waals surface area contributed by atoms with E-state index >= 15 is 0 Å². The van der Waals surface area contributed by atoms with Crippen molar-refractivity contribution in [3.8, 4) is 0 Å². The van der Waals surface area contributed by atoms with E-state index in [0.717, 1.165) is 18.2 Å². The Morgan fingerprint density at radius 1 is 1.19 bits per heavy atom. The third-order valence-electron chi connectivity index (χ3n) is 3.43. The van der Waals surface area contributed by atoms with Gasteiger partial charge in [-0.05, 0) is 33.3 Å². The number of nitrogens with zero attached hydrogens (tertiary/aromatic N) is 3. The van der Waals surface area contributed by atoms with Crippen LogP contribution >= 0.6 is 0 Å². The highest BCUT2D eigenvalue weighted by atomic mass is 19.1. The minimum Gasteiger partial charge on any atom is -0.444 e. The number of rotatable bonds is 6. The Morgan fingerprint density at radius 3 is 2.27 bits per heavy atom. The number of hydrogen-bond donors (Lipinski definition) is 0. The molecule has 26 heavy (non-hydrogen) atoms. The number of halogens is 1. The lowest BCUT2D eigenvalue weighted by Crippen LogP contribution is -2.36. The average Bonchev–Trinajstić information content (AvgIpc) is 2.52. The van der Waals surface area contributed by atoms with Crippen LogP contribution in [0.1, 0.15) is 37.6 Å². The Kier molecular flexibility index (Phi) is 7.05. The fourth-order valence-electron chi connectivity index (χ4n) is 2.07. The zero-order valence-electron chi connectivity index (χ0n) is 15.6. The minimum atomic E-state index is -0.943. The molecule has 0 heterocycles. The summed E-state index contributed by atoms with van der Waals surface area (Å²) in [6, 6.07) is 2.90. The van der Waals surface area contributed by atoms with Crippen molar-refractivity contribution >= 4 is 17.7 Å². The van der Waals surface area contributed by atoms with E-state index < -0.39 is 34.0 Å². The van der Waals surface area contributed by atoms with Crippen LogP contribution < -0.4 is 0 Å². The van der Waals surface area contributed by atoms with Crippen molar-refractivity contribution in [2.75, 3.05) is 27.2 Å². The molecule has 1 rings (SSSR count). The third kappa shape index (κ3) is 6.30. The maximum absolute atomic E-state index is 13.9. The van der Waals surface area contributed by atoms with Gasteiger partial charge in [0.2, 0.25) is 0 Å². The zero-order chi connectivity index (χ0) is 20.1. The number of carbonyl (C=O) groups excluding carboxylic acids is 2. The summed E-state index contributed by atoms with van der Waals surface area (Å²) >= 11 is 0. The number of benzene rings is 1. The average molecular weight is 369 g/mol. The predicted octanol–water partition coefficient (Wildman–Crippen LogP) is 3.06. The van der Waals surface area contributed by atoms with Gasteiger partial charge in [-0.25, -0.2) is 9.18 Å². The summed E-state index contributed by atoms with van der Waals surface area (Å²) < 4.78 is 19.1. The number of amides is 2. The van der Waals surface area contributed by atoms with Gasteiger partial charge in [0.05, 0.1) is 16.6 Å². The van der Waals surface area contributed by atoms with Gasteiger partial charge in [0.25, 0.3) is 11.6 Å². The predicted molar refractivity (Wildman–Crippen MR) is 93.5 cm³/mol. The summed E-state index contributed by atoms with van der Waals surface area (Å²) in [7, 11) is 3.09. The summed E-state index contributed by atoms with van der Waals surface area (Å²) in [6.45, 7) is 5.94. The molecule has 9 heteroatoms. The first-order valence-corrected chi connectivity index (χ1v) is 8.06. The van der Waals surface area contributed by atoms with Gasteiger partial charge in [-0.3, -0.25) is 14.9 Å². The van der Waals surface area contributed by atoms with E-state index in [-0.39, 0.29) is 12.1 Å². The van der Waals surface area contributed by atoms with Crippen molar-refractivity contribution in [1.82, 2.24) is 9.80 Å². The van der Waals surface area contributed by atoms with Gasteiger partial charge < -0.3 is 14.5 Å². The first-order chi connectivity index (χ1) is 11.9. The first-order valence-electron chi connectivity index (χ1n) is 8.06. The van der Waals surface area contributed by atoms with E-state index in [9.17, 15) is 24.1 Å². The van der Waals surface area contributed by atoms with Crippen LogP contribution in [0.5, 0.6) is 0 Å². The Labute approximate surface area is 151 Å². The van der Waals surface area contributed by atoms with Crippen molar-refractivity contribution in [3.63, 3.8) is 0 Å². The monoisotopic (exact) mass is 369 g/mol. The maximum atomic E-state index is 13.9. The molecule has 2 amide bonds. The van der Waals surface area contributed by atoms with E-state index in [1.54, 1.807) is 27.8 Å². The fourth-order valence-corrected chi connectivity index (χ4v) is 2.07. The summed E-state index contributed by atoms with van der Waals surface area (Å²) in [4.78, 5) is 36.7. The maximum Gasteiger partial charge on any atom is 0.410 e. The topological polar surface area (TPSA) is 93.0 Å². The molecule has 0 bridgehead atoms. The molecule has 0 fully saturated rings. The zero-order valence-corrected chi connectivity index (χ0v) is 15.6. The number of carbonyl (C=O) groups is 2. The molecule has 0 spiro atoms. The summed E-state index contributed by atoms with van der Waals surface area (Å²) in [5, 5.41) is 10.6. The molecule has 0 saturated carbocycles. The lowest BCUT2D eigenvalue weighted by Gasteiger charge is -2.25. The van der Waals surface area contributed by atoms with Crippen molar-refractivity contribution < 1.29 is 23.6 Å². The molecule has 0 aliphatic rings. The van der Waals surface area contributed by atoms with Crippen molar-refractivity contribution in [2.24, 2.45) is 0 Å². The Bertz CT molecular complexity index is 687. The second kappa shape index (κ2) is 8.59. The van der Waals surface area contributed by atoms with Crippen LogP contribution in [0.4, 0.5) is 14.9 Å². The van der Waals surface area contributed by atoms with E-state index in [1.165, 1.54) is 16.8 Å². The van der Waals surface area contributed by atoms with Crippen LogP contribution in [0.3, 0.4) is 0 Å². The van der Waals surface area contributed by atoms with Crippen LogP contribution in [0.25, 0.3) is 0 Å². The summed E-state index contributed by atoms with van der Waals surface area (Å²) in [6.07, 6.45) is -0.0000496. The summed E-state index contributed by atoms with van der Waals surface area (Å²) in [5.41, 5.74) is -1.25. The third-order valence-corrected chi connectivity index (χ3v) is 3.43. The molecular formula is C17H24FN3O5. The number of ether oxygens (including phenoxy) is 1. The highest BCUT2D eigenvalue weighted by Crippen LogP contribution is 2.18. The Hall–Kier alpha value is -2.71. The molecule has 0 aromatic heterocycles. The van der Waals surface area contributed by atoms with E-state index in [2.05, 4.69) is 0 Å². The summed E-state index contributed by atoms with van der Waals surface area (Å²) in [5.74, 6) is -1.53. The molecular weight excluding hydrogens is 345 g/mol. The molecule has 0 N–H and O–H groups in total. The standard InChI is InChI=1S/C17H24FN3O5/c1-17(2,3)26-16(23)20(5)10-6-9-19(4)15(22)13-8-7-12(21(24)25)11-14(13)18/h7-8,11H,6,9-10H2,1-5H3. The highest BCUT2D eigenvalue weighted by molar-refractivity contribution is 5.94. The Morgan fingerprint density at radius 2 is 1.77 bits per heavy atom. The van der Waals surface area contributed by atoms with Crippen LogP contribution in [-0.4, -0.2) is 59.5 Å². The first kappa shape index (κ1) is 21.3. The Balaban J connectivity index is 2.58. The largest absolute Gasteiger partial charge is 0.444 e. The lowest BCUT2D eigenvalue weighted by atomic mass is 10.1. The van der Waals surface area contributed by atoms with Gasteiger partial charge >= 0.3 is 6.09 Å². The van der Waals surface area contributed by atoms with Gasteiger partial charge in [-0.15, -0.1) is 0 Å². The number of nitro groups is 1. The van der Waals surface area contributed by atoms with Crippen molar-refractivity contribution in [3.05, 3.63) is 39.7 Å². The molecule has 0 radical (unpaired) electrons. The quantitative estimate of drug-likeness (QED) is 0.567. The molecule has 0 unspecified atom stereocenters.